The molecule has 43 heavy (non-hydrogen) atoms. The molecule has 1 aromatic heterocycles. The number of carbonyl (C=O) groups excluding carboxylic acids is 3. The highest BCUT2D eigenvalue weighted by Gasteiger charge is 2.32. The van der Waals surface area contributed by atoms with E-state index >= 15 is 0 Å². The number of ether oxygens (including phenoxy) is 3. The average Bonchev–Trinajstić information content (AvgIpc) is 3.59. The van der Waals surface area contributed by atoms with Crippen molar-refractivity contribution in [1.29, 1.82) is 0 Å². The number of benzene rings is 2. The summed E-state index contributed by atoms with van der Waals surface area (Å²) in [5, 5.41) is 10.7. The summed E-state index contributed by atoms with van der Waals surface area (Å²) in [5.74, 6) is 1.68. The molecule has 1 aliphatic rings. The van der Waals surface area contributed by atoms with Crippen molar-refractivity contribution in [3.63, 3.8) is 0 Å². The normalized spacial score (nSPS) is 16.5. The van der Waals surface area contributed by atoms with E-state index in [1.807, 2.05) is 69.6 Å². The van der Waals surface area contributed by atoms with Crippen molar-refractivity contribution in [1.82, 2.24) is 15.1 Å². The molecular weight excluding hydrogens is 548 g/mol. The molecule has 230 valence electrons. The maximum atomic E-state index is 13.2. The Morgan fingerprint density at radius 2 is 1.79 bits per heavy atom. The number of anilines is 1. The number of hydrogen-bond acceptors (Lipinski definition) is 7. The molecule has 1 heterocycles. The highest BCUT2D eigenvalue weighted by Crippen LogP contribution is 2.37. The van der Waals surface area contributed by atoms with Crippen molar-refractivity contribution in [3.05, 3.63) is 70.9 Å². The van der Waals surface area contributed by atoms with Crippen LogP contribution in [0.25, 0.3) is 0 Å². The molecule has 0 unspecified atom stereocenters. The fourth-order valence-electron chi connectivity index (χ4n) is 5.10. The molecular formula is C33H42N4O6. The SMILES string of the molecule is COc1ccc(COc2cc(CC(=O)Nc3cc([C@H]4CC[C@@H](OC(=O)NC(C)C)C4)nn3C(C)(C)C)ccc2C=O)cc1. The monoisotopic (exact) mass is 590 g/mol. The number of rotatable bonds is 11. The van der Waals surface area contributed by atoms with E-state index in [0.29, 0.717) is 29.1 Å². The maximum Gasteiger partial charge on any atom is 0.407 e. The fourth-order valence-corrected chi connectivity index (χ4v) is 5.10. The molecule has 3 aromatic rings. The number of methoxy groups -OCH3 is 1. The third-order valence-electron chi connectivity index (χ3n) is 7.24. The Hall–Kier alpha value is -4.34. The van der Waals surface area contributed by atoms with E-state index in [0.717, 1.165) is 36.1 Å². The van der Waals surface area contributed by atoms with Gasteiger partial charge in [0.1, 0.15) is 30.0 Å². The topological polar surface area (TPSA) is 121 Å². The Morgan fingerprint density at radius 1 is 1.07 bits per heavy atom. The van der Waals surface area contributed by atoms with Gasteiger partial charge in [0.2, 0.25) is 5.91 Å². The summed E-state index contributed by atoms with van der Waals surface area (Å²) in [7, 11) is 1.61. The van der Waals surface area contributed by atoms with Gasteiger partial charge >= 0.3 is 6.09 Å². The zero-order valence-corrected chi connectivity index (χ0v) is 25.8. The summed E-state index contributed by atoms with van der Waals surface area (Å²) < 4.78 is 18.6. The smallest absolute Gasteiger partial charge is 0.407 e. The first-order valence-corrected chi connectivity index (χ1v) is 14.7. The Balaban J connectivity index is 1.42. The number of aldehydes is 1. The van der Waals surface area contributed by atoms with Crippen molar-refractivity contribution in [3.8, 4) is 11.5 Å². The van der Waals surface area contributed by atoms with Gasteiger partial charge in [-0.25, -0.2) is 9.48 Å². The van der Waals surface area contributed by atoms with Gasteiger partial charge in [0.25, 0.3) is 0 Å². The van der Waals surface area contributed by atoms with Crippen LogP contribution in [0.15, 0.2) is 48.5 Å². The molecule has 2 atom stereocenters. The summed E-state index contributed by atoms with van der Waals surface area (Å²) >= 11 is 0. The van der Waals surface area contributed by atoms with E-state index in [9.17, 15) is 14.4 Å². The number of alkyl carbamates (subject to hydrolysis) is 1. The van der Waals surface area contributed by atoms with Gasteiger partial charge in [-0.05, 0) is 89.3 Å². The Bertz CT molecular complexity index is 1420. The highest BCUT2D eigenvalue weighted by atomic mass is 16.6. The zero-order valence-electron chi connectivity index (χ0n) is 25.8. The lowest BCUT2D eigenvalue weighted by Crippen LogP contribution is -2.33. The van der Waals surface area contributed by atoms with Gasteiger partial charge in [-0.2, -0.15) is 5.10 Å². The minimum Gasteiger partial charge on any atom is -0.497 e. The molecule has 0 aliphatic heterocycles. The lowest BCUT2D eigenvalue weighted by atomic mass is 10.0. The van der Waals surface area contributed by atoms with Gasteiger partial charge in [0, 0.05) is 18.0 Å². The van der Waals surface area contributed by atoms with E-state index in [-0.39, 0.29) is 42.5 Å². The molecule has 2 amide bonds. The first-order valence-electron chi connectivity index (χ1n) is 14.7. The molecule has 1 fully saturated rings. The predicted molar refractivity (Wildman–Crippen MR) is 164 cm³/mol. The van der Waals surface area contributed by atoms with E-state index < -0.39 is 6.09 Å². The first kappa shape index (κ1) is 31.6. The van der Waals surface area contributed by atoms with Crippen LogP contribution in [0.1, 0.15) is 87.0 Å². The second-order valence-electron chi connectivity index (χ2n) is 12.2. The second kappa shape index (κ2) is 13.8. The van der Waals surface area contributed by atoms with Crippen molar-refractivity contribution >= 4 is 24.1 Å². The number of hydrogen-bond donors (Lipinski definition) is 2. The maximum absolute atomic E-state index is 13.2. The van der Waals surface area contributed by atoms with E-state index in [2.05, 4.69) is 10.6 Å². The standard InChI is InChI=1S/C33H42N4O6/c1-21(2)34-32(40)43-27-14-11-24(17-27)28-18-30(37(36-28)33(3,4)5)35-31(39)16-23-7-10-25(19-38)29(15-23)42-20-22-8-12-26(41-6)13-9-22/h7-10,12-13,15,18-19,21,24,27H,11,14,16-17,20H2,1-6H3,(H,34,40)(H,35,39)/t24-,27+/m0/s1. The molecule has 1 saturated carbocycles. The van der Waals surface area contributed by atoms with Gasteiger partial charge in [-0.1, -0.05) is 18.2 Å². The number of carbonyl (C=O) groups is 3. The van der Waals surface area contributed by atoms with E-state index in [1.54, 1.807) is 25.3 Å². The second-order valence-corrected chi connectivity index (χ2v) is 12.2. The Labute approximate surface area is 253 Å². The summed E-state index contributed by atoms with van der Waals surface area (Å²) in [5.41, 5.74) is 2.54. The van der Waals surface area contributed by atoms with Crippen LogP contribution < -0.4 is 20.1 Å². The van der Waals surface area contributed by atoms with E-state index in [4.69, 9.17) is 19.3 Å². The lowest BCUT2D eigenvalue weighted by Gasteiger charge is -2.22. The first-order chi connectivity index (χ1) is 20.4. The molecule has 0 saturated heterocycles. The van der Waals surface area contributed by atoms with Crippen molar-refractivity contribution in [2.45, 2.75) is 90.5 Å². The molecule has 0 bridgehead atoms. The van der Waals surface area contributed by atoms with Crippen LogP contribution in [0.2, 0.25) is 0 Å². The van der Waals surface area contributed by atoms with Crippen molar-refractivity contribution in [2.24, 2.45) is 0 Å². The molecule has 2 aromatic carbocycles. The van der Waals surface area contributed by atoms with Crippen molar-refractivity contribution < 1.29 is 28.6 Å². The van der Waals surface area contributed by atoms with Crippen LogP contribution >= 0.6 is 0 Å². The predicted octanol–water partition coefficient (Wildman–Crippen LogP) is 5.99. The Morgan fingerprint density at radius 3 is 2.44 bits per heavy atom. The third-order valence-corrected chi connectivity index (χ3v) is 7.24. The summed E-state index contributed by atoms with van der Waals surface area (Å²) in [6.45, 7) is 10.1. The van der Waals surface area contributed by atoms with Crippen LogP contribution in [0.5, 0.6) is 11.5 Å². The minimum atomic E-state index is -0.399. The van der Waals surface area contributed by atoms with E-state index in [1.165, 1.54) is 0 Å². The number of amides is 2. The summed E-state index contributed by atoms with van der Waals surface area (Å²) in [4.78, 5) is 36.9. The molecule has 10 nitrogen and oxygen atoms in total. The minimum absolute atomic E-state index is 0.0137. The molecule has 1 aliphatic carbocycles. The van der Waals surface area contributed by atoms with Crippen LogP contribution in [-0.4, -0.2) is 47.3 Å². The number of aromatic nitrogens is 2. The largest absolute Gasteiger partial charge is 0.497 e. The van der Waals surface area contributed by atoms with Gasteiger partial charge in [-0.15, -0.1) is 0 Å². The van der Waals surface area contributed by atoms with Gasteiger partial charge in [0.15, 0.2) is 6.29 Å². The molecule has 4 rings (SSSR count). The fraction of sp³-hybridized carbons (Fsp3) is 0.455. The van der Waals surface area contributed by atoms with Crippen molar-refractivity contribution in [2.75, 3.05) is 12.4 Å². The quantitative estimate of drug-likeness (QED) is 0.263. The molecule has 10 heteroatoms. The number of nitrogens with zero attached hydrogens (tertiary/aromatic N) is 2. The average molecular weight is 591 g/mol. The number of nitrogens with one attached hydrogen (secondary N) is 2. The third kappa shape index (κ3) is 8.59. The van der Waals surface area contributed by atoms with Gasteiger partial charge in [-0.3, -0.25) is 9.59 Å². The van der Waals surface area contributed by atoms with Crippen LogP contribution in [0.3, 0.4) is 0 Å². The highest BCUT2D eigenvalue weighted by molar-refractivity contribution is 5.92. The van der Waals surface area contributed by atoms with Crippen LogP contribution in [0.4, 0.5) is 10.6 Å². The molecule has 2 N–H and O–H groups in total. The molecule has 0 spiro atoms. The van der Waals surface area contributed by atoms with Crippen LogP contribution in [0, 0.1) is 0 Å². The summed E-state index contributed by atoms with van der Waals surface area (Å²) in [6, 6.07) is 14.6. The van der Waals surface area contributed by atoms with Gasteiger partial charge in [0.05, 0.1) is 30.3 Å². The molecule has 0 radical (unpaired) electrons. The lowest BCUT2D eigenvalue weighted by molar-refractivity contribution is -0.115. The zero-order chi connectivity index (χ0) is 31.1. The Kier molecular flexibility index (Phi) is 10.1. The summed E-state index contributed by atoms with van der Waals surface area (Å²) in [6.07, 6.45) is 2.55. The van der Waals surface area contributed by atoms with Crippen LogP contribution in [-0.2, 0) is 28.1 Å². The van der Waals surface area contributed by atoms with Gasteiger partial charge < -0.3 is 24.8 Å².